The van der Waals surface area contributed by atoms with Crippen LogP contribution in [0.1, 0.15) is 11.1 Å². The average Bonchev–Trinajstić information content (AvgIpc) is 3.78. The Hall–Kier alpha value is -5.94. The number of rotatable bonds is 2. The smallest absolute Gasteiger partial charge is 0.397 e. The Kier molecular flexibility index (Phi) is 3.97. The number of aromatic nitrogens is 4. The highest BCUT2D eigenvalue weighted by Gasteiger charge is 2.68. The lowest BCUT2D eigenvalue weighted by Gasteiger charge is -2.32. The molecule has 0 bridgehead atoms. The Bertz CT molecular complexity index is 2520. The monoisotopic (exact) mass is 564 g/mol. The van der Waals surface area contributed by atoms with Crippen LogP contribution >= 0.6 is 0 Å². The molecule has 1 unspecified atom stereocenters. The summed E-state index contributed by atoms with van der Waals surface area (Å²) < 4.78 is 16.5. The predicted molar refractivity (Wildman–Crippen MR) is 169 cm³/mol. The van der Waals surface area contributed by atoms with E-state index in [0.717, 1.165) is 39.7 Å². The van der Waals surface area contributed by atoms with Gasteiger partial charge in [-0.25, -0.2) is 0 Å². The van der Waals surface area contributed by atoms with Crippen LogP contribution in [0.4, 0.5) is 0 Å². The molecule has 1 atom stereocenters. The molecule has 3 aromatic heterocycles. The number of benzene rings is 5. The van der Waals surface area contributed by atoms with E-state index >= 15 is 0 Å². The van der Waals surface area contributed by atoms with E-state index in [1.165, 1.54) is 38.5 Å². The van der Waals surface area contributed by atoms with Gasteiger partial charge in [-0.3, -0.25) is 0 Å². The van der Waals surface area contributed by atoms with Gasteiger partial charge >= 0.3 is 5.66 Å². The van der Waals surface area contributed by atoms with Gasteiger partial charge in [0.1, 0.15) is 28.3 Å². The first-order chi connectivity index (χ1) is 21.8. The van der Waals surface area contributed by atoms with Gasteiger partial charge in [0.25, 0.3) is 5.82 Å². The number of nitrogens with zero attached hydrogens (tertiary/aromatic N) is 4. The van der Waals surface area contributed by atoms with E-state index < -0.39 is 5.66 Å². The summed E-state index contributed by atoms with van der Waals surface area (Å²) in [6.45, 7) is 0. The molecule has 0 aliphatic carbocycles. The quantitative estimate of drug-likeness (QED) is 0.200. The van der Waals surface area contributed by atoms with Crippen LogP contribution in [0.5, 0.6) is 11.5 Å². The fourth-order valence-corrected chi connectivity index (χ4v) is 8.08. The molecule has 11 rings (SSSR count). The van der Waals surface area contributed by atoms with Crippen molar-refractivity contribution in [3.63, 3.8) is 0 Å². The van der Waals surface area contributed by atoms with Crippen molar-refractivity contribution in [2.24, 2.45) is 0 Å². The van der Waals surface area contributed by atoms with Gasteiger partial charge in [0, 0.05) is 22.9 Å². The molecule has 0 radical (unpaired) electrons. The predicted octanol–water partition coefficient (Wildman–Crippen LogP) is 7.51. The lowest BCUT2D eigenvalue weighted by molar-refractivity contribution is -0.993. The zero-order chi connectivity index (χ0) is 28.6. The second-order valence-corrected chi connectivity index (χ2v) is 11.9. The first-order valence-electron chi connectivity index (χ1n) is 15.0. The lowest BCUT2D eigenvalue weighted by Crippen LogP contribution is -2.76. The summed E-state index contributed by atoms with van der Waals surface area (Å²) >= 11 is 0. The topological polar surface area (TPSA) is 26.8 Å². The van der Waals surface area contributed by atoms with Crippen molar-refractivity contribution in [1.82, 2.24) is 9.25 Å². The maximum atomic E-state index is 6.94. The molecule has 5 heteroatoms. The van der Waals surface area contributed by atoms with E-state index in [1.54, 1.807) is 0 Å². The van der Waals surface area contributed by atoms with Gasteiger partial charge in [-0.05, 0) is 64.7 Å². The number of ether oxygens (including phenoxy) is 1. The second kappa shape index (κ2) is 7.71. The summed E-state index contributed by atoms with van der Waals surface area (Å²) in [5.41, 5.74) is 9.94. The molecule has 0 saturated carbocycles. The molecule has 1 spiro atoms. The zero-order valence-electron chi connectivity index (χ0n) is 23.6. The summed E-state index contributed by atoms with van der Waals surface area (Å²) in [5.74, 6) is 2.91. The maximum absolute atomic E-state index is 6.94. The fourth-order valence-electron chi connectivity index (χ4n) is 8.08. The van der Waals surface area contributed by atoms with Crippen LogP contribution in [-0.2, 0) is 5.66 Å². The van der Waals surface area contributed by atoms with Crippen LogP contribution in [0.2, 0.25) is 0 Å². The number of fused-ring (bicyclic) bond motifs is 7. The Morgan fingerprint density at radius 2 is 1.34 bits per heavy atom. The third kappa shape index (κ3) is 2.50. The number of para-hydroxylation sites is 1. The van der Waals surface area contributed by atoms with Gasteiger partial charge in [-0.2, -0.15) is 9.13 Å². The van der Waals surface area contributed by atoms with Crippen LogP contribution < -0.4 is 14.0 Å². The van der Waals surface area contributed by atoms with Gasteiger partial charge in [0.15, 0.2) is 11.1 Å². The summed E-state index contributed by atoms with van der Waals surface area (Å²) in [7, 11) is 0. The minimum atomic E-state index is -0.641. The highest BCUT2D eigenvalue weighted by molar-refractivity contribution is 6.11. The molecule has 3 aliphatic rings. The Morgan fingerprint density at radius 1 is 0.568 bits per heavy atom. The third-order valence-corrected chi connectivity index (χ3v) is 9.80. The van der Waals surface area contributed by atoms with Crippen molar-refractivity contribution in [1.29, 1.82) is 0 Å². The Balaban J connectivity index is 1.23. The molecular formula is C39H24N4O+2. The van der Waals surface area contributed by atoms with Crippen molar-refractivity contribution in [3.05, 3.63) is 157 Å². The molecule has 8 aromatic rings. The highest BCUT2D eigenvalue weighted by Crippen LogP contribution is 2.55. The highest BCUT2D eigenvalue weighted by atomic mass is 16.5. The van der Waals surface area contributed by atoms with Gasteiger partial charge in [-0.15, -0.1) is 4.68 Å². The second-order valence-electron chi connectivity index (χ2n) is 11.9. The molecule has 0 amide bonds. The van der Waals surface area contributed by atoms with Gasteiger partial charge in [-0.1, -0.05) is 77.5 Å². The van der Waals surface area contributed by atoms with Crippen LogP contribution in [0.15, 0.2) is 146 Å². The number of hydrogen-bond acceptors (Lipinski definition) is 1. The molecule has 3 aliphatic heterocycles. The first kappa shape index (κ1) is 22.6. The number of hydrogen-bond donors (Lipinski definition) is 0. The van der Waals surface area contributed by atoms with Gasteiger partial charge in [0.05, 0.1) is 12.4 Å². The molecule has 44 heavy (non-hydrogen) atoms. The molecule has 0 fully saturated rings. The standard InChI is InChI=1S/C39H24N4O/c1-2-9-25(10-3-1)26-14-16-27(17-15-26)28-23-32-36-34(24-28)44-33-19-18-30-29-11-4-5-12-31(29)43-35-13-6-7-20-40(35)39(36,37(33)38(30)43)42-22-8-21-41(32)42/h1-24H/q+2. The minimum absolute atomic E-state index is 0.641. The maximum Gasteiger partial charge on any atom is 0.397 e. The van der Waals surface area contributed by atoms with Gasteiger partial charge < -0.3 is 4.74 Å². The lowest BCUT2D eigenvalue weighted by atomic mass is 9.83. The molecule has 5 nitrogen and oxygen atoms in total. The van der Waals surface area contributed by atoms with E-state index in [-0.39, 0.29) is 0 Å². The average molecular weight is 565 g/mol. The molecule has 204 valence electrons. The van der Waals surface area contributed by atoms with Crippen molar-refractivity contribution < 1.29 is 14.0 Å². The van der Waals surface area contributed by atoms with E-state index in [0.29, 0.717) is 0 Å². The first-order valence-corrected chi connectivity index (χ1v) is 15.0. The van der Waals surface area contributed by atoms with Crippen LogP contribution in [0.3, 0.4) is 0 Å². The zero-order valence-corrected chi connectivity index (χ0v) is 23.6. The summed E-state index contributed by atoms with van der Waals surface area (Å²) in [6, 6.07) is 45.7. The summed E-state index contributed by atoms with van der Waals surface area (Å²) in [5, 5.41) is 2.49. The number of pyridine rings is 1. The Labute approximate surface area is 252 Å². The molecule has 0 N–H and O–H groups in total. The molecular weight excluding hydrogens is 540 g/mol. The third-order valence-electron chi connectivity index (χ3n) is 9.80. The van der Waals surface area contributed by atoms with E-state index in [2.05, 4.69) is 164 Å². The molecule has 5 aromatic carbocycles. The molecule has 0 saturated heterocycles. The fraction of sp³-hybridized carbons (Fsp3) is 0.0256. The largest absolute Gasteiger partial charge is 0.456 e. The minimum Gasteiger partial charge on any atom is -0.456 e. The van der Waals surface area contributed by atoms with Crippen molar-refractivity contribution in [2.75, 3.05) is 0 Å². The van der Waals surface area contributed by atoms with Crippen molar-refractivity contribution in [2.45, 2.75) is 5.66 Å². The van der Waals surface area contributed by atoms with Gasteiger partial charge in [0.2, 0.25) is 6.20 Å². The van der Waals surface area contributed by atoms with E-state index in [9.17, 15) is 0 Å². The van der Waals surface area contributed by atoms with E-state index in [4.69, 9.17) is 4.74 Å². The normalized spacial score (nSPS) is 16.5. The van der Waals surface area contributed by atoms with Crippen LogP contribution in [-0.4, -0.2) is 9.25 Å². The van der Waals surface area contributed by atoms with Crippen LogP contribution in [0.25, 0.3) is 55.6 Å². The van der Waals surface area contributed by atoms with E-state index in [1.807, 2.05) is 0 Å². The summed E-state index contributed by atoms with van der Waals surface area (Å²) in [4.78, 5) is 0. The molecule has 6 heterocycles. The van der Waals surface area contributed by atoms with Crippen LogP contribution in [0, 0.1) is 0 Å². The SMILES string of the molecule is c1ccc(-c2ccc(-c3cc4c5c(c3)-n3ccc[n+]3C53c5c(ccc6c7ccccc7n(c56)-c5cccc[n+]53)O4)cc2)cc1. The van der Waals surface area contributed by atoms with Crippen molar-refractivity contribution >= 4 is 21.8 Å². The summed E-state index contributed by atoms with van der Waals surface area (Å²) in [6.07, 6.45) is 6.59. The van der Waals surface area contributed by atoms with Crippen molar-refractivity contribution in [3.8, 4) is 45.3 Å². The Morgan fingerprint density at radius 3 is 2.23 bits per heavy atom.